The van der Waals surface area contributed by atoms with Crippen LogP contribution < -0.4 is 0 Å². The third-order valence-corrected chi connectivity index (χ3v) is 6.49. The Kier molecular flexibility index (Phi) is 8.15. The fourth-order valence-corrected chi connectivity index (χ4v) is 4.43. The fraction of sp³-hybridized carbons (Fsp3) is 0.429. The Balaban J connectivity index is 1.46. The Morgan fingerprint density at radius 2 is 1.94 bits per heavy atom. The zero-order chi connectivity index (χ0) is 23.1. The first kappa shape index (κ1) is 24.1. The number of alkyl halides is 3. The predicted molar refractivity (Wildman–Crippen MR) is 127 cm³/mol. The van der Waals surface area contributed by atoms with Crippen LogP contribution in [0.4, 0.5) is 13.2 Å². The standard InChI is InChI=1S/C28H32F3N/c1-20-7-4-5-9-26(17-20)22(3)32-19-21(2)25-15-13-23(14-16-25)11-12-24-8-6-10-27(18-24)28(29,30)31/h4-8,10,17-18,23,25H,2,11-16,19H2,1,3H3. The first-order chi connectivity index (χ1) is 15.2. The van der Waals surface area contributed by atoms with Crippen molar-refractivity contribution in [2.24, 2.45) is 16.8 Å². The summed E-state index contributed by atoms with van der Waals surface area (Å²) in [5, 5.41) is 0. The van der Waals surface area contributed by atoms with E-state index in [4.69, 9.17) is 4.99 Å². The number of allylic oxidation sites excluding steroid dienone is 5. The third kappa shape index (κ3) is 6.97. The summed E-state index contributed by atoms with van der Waals surface area (Å²) < 4.78 is 38.7. The maximum Gasteiger partial charge on any atom is 0.416 e. The highest BCUT2D eigenvalue weighted by atomic mass is 19.4. The van der Waals surface area contributed by atoms with Gasteiger partial charge in [0.2, 0.25) is 0 Å². The monoisotopic (exact) mass is 439 g/mol. The molecule has 2 aliphatic rings. The highest BCUT2D eigenvalue weighted by molar-refractivity contribution is 6.00. The van der Waals surface area contributed by atoms with Crippen molar-refractivity contribution in [2.45, 2.75) is 58.5 Å². The molecule has 1 saturated carbocycles. The number of hydrogen-bond acceptors (Lipinski definition) is 1. The molecule has 0 radical (unpaired) electrons. The van der Waals surface area contributed by atoms with Gasteiger partial charge in [-0.1, -0.05) is 42.5 Å². The van der Waals surface area contributed by atoms with Gasteiger partial charge >= 0.3 is 6.18 Å². The molecule has 32 heavy (non-hydrogen) atoms. The van der Waals surface area contributed by atoms with Crippen LogP contribution >= 0.6 is 0 Å². The van der Waals surface area contributed by atoms with Crippen molar-refractivity contribution in [1.29, 1.82) is 0 Å². The molecule has 0 spiro atoms. The molecular weight excluding hydrogens is 407 g/mol. The normalized spacial score (nSPS) is 21.7. The fourth-order valence-electron chi connectivity index (χ4n) is 4.43. The molecule has 0 N–H and O–H groups in total. The molecule has 0 amide bonds. The van der Waals surface area contributed by atoms with E-state index in [1.807, 2.05) is 19.1 Å². The summed E-state index contributed by atoms with van der Waals surface area (Å²) in [5.74, 6) is 1.05. The smallest absolute Gasteiger partial charge is 0.284 e. The van der Waals surface area contributed by atoms with Crippen molar-refractivity contribution in [3.63, 3.8) is 0 Å². The first-order valence-corrected chi connectivity index (χ1v) is 11.4. The van der Waals surface area contributed by atoms with E-state index >= 15 is 0 Å². The van der Waals surface area contributed by atoms with E-state index in [0.29, 0.717) is 24.8 Å². The van der Waals surface area contributed by atoms with E-state index < -0.39 is 11.7 Å². The van der Waals surface area contributed by atoms with Crippen LogP contribution in [0.15, 0.2) is 82.6 Å². The van der Waals surface area contributed by atoms with Gasteiger partial charge in [-0.15, -0.1) is 5.73 Å². The van der Waals surface area contributed by atoms with Crippen LogP contribution in [0.25, 0.3) is 0 Å². The number of nitrogens with zero attached hydrogens (tertiary/aromatic N) is 1. The minimum atomic E-state index is -4.27. The molecule has 0 aromatic heterocycles. The molecule has 1 aromatic carbocycles. The van der Waals surface area contributed by atoms with Gasteiger partial charge in [-0.3, -0.25) is 4.99 Å². The number of halogens is 3. The van der Waals surface area contributed by atoms with Gasteiger partial charge in [-0.2, -0.15) is 13.2 Å². The van der Waals surface area contributed by atoms with Crippen molar-refractivity contribution in [2.75, 3.05) is 6.54 Å². The Hall–Kier alpha value is -2.58. The van der Waals surface area contributed by atoms with Crippen LogP contribution in [-0.2, 0) is 12.6 Å². The minimum absolute atomic E-state index is 0.481. The maximum absolute atomic E-state index is 12.9. The van der Waals surface area contributed by atoms with Crippen molar-refractivity contribution >= 4 is 5.71 Å². The largest absolute Gasteiger partial charge is 0.416 e. The van der Waals surface area contributed by atoms with E-state index in [0.717, 1.165) is 55.0 Å². The summed E-state index contributed by atoms with van der Waals surface area (Å²) >= 11 is 0. The Bertz CT molecular complexity index is 976. The van der Waals surface area contributed by atoms with E-state index in [1.54, 1.807) is 6.07 Å². The molecule has 170 valence electrons. The molecule has 1 aromatic rings. The SMILES string of the molecule is C=C(CN=C(C)C1=C=CC=CC(C)=C1)C1CCC(CCc2cccc(C(F)(F)F)c2)CC1. The summed E-state index contributed by atoms with van der Waals surface area (Å²) in [6, 6.07) is 5.74. The summed E-state index contributed by atoms with van der Waals surface area (Å²) in [6.07, 6.45) is 9.80. The van der Waals surface area contributed by atoms with Gasteiger partial charge < -0.3 is 0 Å². The Morgan fingerprint density at radius 3 is 2.66 bits per heavy atom. The Morgan fingerprint density at radius 1 is 1.19 bits per heavy atom. The van der Waals surface area contributed by atoms with E-state index in [2.05, 4.69) is 31.4 Å². The highest BCUT2D eigenvalue weighted by Crippen LogP contribution is 2.35. The molecule has 1 fully saturated rings. The summed E-state index contributed by atoms with van der Waals surface area (Å²) in [4.78, 5) is 4.76. The van der Waals surface area contributed by atoms with Crippen molar-refractivity contribution < 1.29 is 13.2 Å². The molecule has 4 heteroatoms. The third-order valence-electron chi connectivity index (χ3n) is 6.49. The second kappa shape index (κ2) is 10.8. The van der Waals surface area contributed by atoms with Crippen LogP contribution in [-0.4, -0.2) is 12.3 Å². The van der Waals surface area contributed by atoms with Gasteiger partial charge in [0.15, 0.2) is 0 Å². The molecule has 0 unspecified atom stereocenters. The highest BCUT2D eigenvalue weighted by Gasteiger charge is 2.30. The lowest BCUT2D eigenvalue weighted by Crippen LogP contribution is -2.18. The maximum atomic E-state index is 12.9. The van der Waals surface area contributed by atoms with E-state index in [-0.39, 0.29) is 0 Å². The van der Waals surface area contributed by atoms with Gasteiger partial charge in [-0.25, -0.2) is 0 Å². The Labute approximate surface area is 189 Å². The molecule has 3 rings (SSSR count). The summed E-state index contributed by atoms with van der Waals surface area (Å²) in [7, 11) is 0. The summed E-state index contributed by atoms with van der Waals surface area (Å²) in [5.41, 5.74) is 7.83. The minimum Gasteiger partial charge on any atom is -0.284 e. The van der Waals surface area contributed by atoms with Crippen LogP contribution in [0.5, 0.6) is 0 Å². The van der Waals surface area contributed by atoms with Crippen molar-refractivity contribution in [3.05, 3.63) is 88.7 Å². The van der Waals surface area contributed by atoms with Gasteiger partial charge in [-0.05, 0) is 93.6 Å². The topological polar surface area (TPSA) is 12.4 Å². The molecule has 0 atom stereocenters. The lowest BCUT2D eigenvalue weighted by atomic mass is 9.77. The predicted octanol–water partition coefficient (Wildman–Crippen LogP) is 8.06. The zero-order valence-corrected chi connectivity index (χ0v) is 19.0. The number of benzene rings is 1. The van der Waals surface area contributed by atoms with Crippen molar-refractivity contribution in [1.82, 2.24) is 0 Å². The second-order valence-electron chi connectivity index (χ2n) is 8.99. The lowest BCUT2D eigenvalue weighted by Gasteiger charge is -2.29. The second-order valence-corrected chi connectivity index (χ2v) is 8.99. The van der Waals surface area contributed by atoms with Crippen LogP contribution in [0, 0.1) is 11.8 Å². The molecule has 2 aliphatic carbocycles. The summed E-state index contributed by atoms with van der Waals surface area (Å²) in [6.45, 7) is 9.02. The number of rotatable bonds is 7. The molecule has 0 saturated heterocycles. The number of hydrogen-bond donors (Lipinski definition) is 0. The van der Waals surface area contributed by atoms with Crippen molar-refractivity contribution in [3.8, 4) is 0 Å². The van der Waals surface area contributed by atoms with E-state index in [1.165, 1.54) is 23.3 Å². The first-order valence-electron chi connectivity index (χ1n) is 11.4. The molecule has 0 aliphatic heterocycles. The van der Waals surface area contributed by atoms with Crippen LogP contribution in [0.3, 0.4) is 0 Å². The van der Waals surface area contributed by atoms with E-state index in [9.17, 15) is 13.2 Å². The van der Waals surface area contributed by atoms with Gasteiger partial charge in [0.05, 0.1) is 12.1 Å². The van der Waals surface area contributed by atoms with Gasteiger partial charge in [0.25, 0.3) is 0 Å². The lowest BCUT2D eigenvalue weighted by molar-refractivity contribution is -0.137. The quantitative estimate of drug-likeness (QED) is 0.231. The molecule has 1 nitrogen and oxygen atoms in total. The average molecular weight is 440 g/mol. The zero-order valence-electron chi connectivity index (χ0n) is 19.0. The number of aryl methyl sites for hydroxylation is 1. The molecular formula is C28H32F3N. The molecule has 0 bridgehead atoms. The molecule has 0 heterocycles. The van der Waals surface area contributed by atoms with Gasteiger partial charge in [0, 0.05) is 11.3 Å². The van der Waals surface area contributed by atoms with Gasteiger partial charge in [0.1, 0.15) is 0 Å². The van der Waals surface area contributed by atoms with Crippen LogP contribution in [0.2, 0.25) is 0 Å². The van der Waals surface area contributed by atoms with Crippen LogP contribution in [0.1, 0.15) is 57.1 Å². The number of aliphatic imine (C=N–C) groups is 1. The average Bonchev–Trinajstić information content (AvgIpc) is 3.00.